The van der Waals surface area contributed by atoms with E-state index in [4.69, 9.17) is 14.7 Å². The van der Waals surface area contributed by atoms with E-state index >= 15 is 0 Å². The average molecular weight is 438 g/mol. The van der Waals surface area contributed by atoms with Gasteiger partial charge >= 0.3 is 0 Å². The van der Waals surface area contributed by atoms with E-state index in [-0.39, 0.29) is 11.8 Å². The third-order valence-electron chi connectivity index (χ3n) is 4.66. The van der Waals surface area contributed by atoms with E-state index < -0.39 is 6.04 Å². The zero-order chi connectivity index (χ0) is 22.2. The molecule has 0 saturated carbocycles. The van der Waals surface area contributed by atoms with Gasteiger partial charge in [0.25, 0.3) is 0 Å². The second kappa shape index (κ2) is 10.5. The monoisotopic (exact) mass is 437 g/mol. The van der Waals surface area contributed by atoms with Gasteiger partial charge in [0, 0.05) is 17.5 Å². The molecule has 2 amide bonds. The van der Waals surface area contributed by atoms with Crippen molar-refractivity contribution in [1.29, 1.82) is 5.26 Å². The Hall–Kier alpha value is -3.44. The Morgan fingerprint density at radius 1 is 1.26 bits per heavy atom. The molecule has 0 radical (unpaired) electrons. The van der Waals surface area contributed by atoms with Crippen molar-refractivity contribution >= 4 is 35.3 Å². The summed E-state index contributed by atoms with van der Waals surface area (Å²) in [6.45, 7) is 2.39. The number of anilines is 1. The Bertz CT molecular complexity index is 1010. The van der Waals surface area contributed by atoms with E-state index in [1.54, 1.807) is 54.5 Å². The van der Waals surface area contributed by atoms with Crippen molar-refractivity contribution < 1.29 is 19.1 Å². The molecule has 0 bridgehead atoms. The predicted molar refractivity (Wildman–Crippen MR) is 121 cm³/mol. The molecule has 2 aromatic rings. The van der Waals surface area contributed by atoms with Crippen LogP contribution in [0.25, 0.3) is 6.08 Å². The number of nitrogens with zero attached hydrogens (tertiary/aromatic N) is 2. The highest BCUT2D eigenvalue weighted by atomic mass is 32.2. The molecule has 31 heavy (non-hydrogen) atoms. The second-order valence-electron chi connectivity index (χ2n) is 6.68. The van der Waals surface area contributed by atoms with Crippen molar-refractivity contribution in [2.24, 2.45) is 0 Å². The van der Waals surface area contributed by atoms with Gasteiger partial charge in [-0.1, -0.05) is 6.07 Å². The molecule has 3 rings (SSSR count). The third-order valence-corrected chi connectivity index (χ3v) is 5.67. The third kappa shape index (κ3) is 5.58. The Morgan fingerprint density at radius 2 is 2.03 bits per heavy atom. The number of ether oxygens (including phenoxy) is 2. The van der Waals surface area contributed by atoms with E-state index in [0.717, 1.165) is 5.56 Å². The molecule has 160 valence electrons. The van der Waals surface area contributed by atoms with Gasteiger partial charge in [-0.25, -0.2) is 0 Å². The summed E-state index contributed by atoms with van der Waals surface area (Å²) in [5, 5.41) is 11.7. The van der Waals surface area contributed by atoms with Gasteiger partial charge in [0.1, 0.15) is 6.04 Å². The van der Waals surface area contributed by atoms with Crippen molar-refractivity contribution in [3.05, 3.63) is 59.7 Å². The lowest BCUT2D eigenvalue weighted by molar-refractivity contribution is -0.132. The first-order valence-electron chi connectivity index (χ1n) is 9.74. The molecule has 1 atom stereocenters. The number of rotatable bonds is 7. The van der Waals surface area contributed by atoms with Crippen molar-refractivity contribution in [3.8, 4) is 17.6 Å². The van der Waals surface area contributed by atoms with Crippen molar-refractivity contribution in [2.45, 2.75) is 13.0 Å². The first-order valence-corrected chi connectivity index (χ1v) is 10.9. The summed E-state index contributed by atoms with van der Waals surface area (Å²) in [6.07, 6.45) is 3.16. The molecule has 1 fully saturated rings. The summed E-state index contributed by atoms with van der Waals surface area (Å²) in [6, 6.07) is 13.5. The van der Waals surface area contributed by atoms with Gasteiger partial charge in [0.15, 0.2) is 11.5 Å². The van der Waals surface area contributed by atoms with Crippen LogP contribution in [0.4, 0.5) is 5.69 Å². The fourth-order valence-electron chi connectivity index (χ4n) is 3.06. The zero-order valence-corrected chi connectivity index (χ0v) is 18.1. The number of benzene rings is 2. The summed E-state index contributed by atoms with van der Waals surface area (Å²) in [5.41, 5.74) is 1.90. The number of carbonyl (C=O) groups is 2. The molecule has 0 aromatic heterocycles. The highest BCUT2D eigenvalue weighted by Gasteiger charge is 2.33. The molecule has 1 heterocycles. The fraction of sp³-hybridized carbons (Fsp3) is 0.261. The number of methoxy groups -OCH3 is 1. The Morgan fingerprint density at radius 3 is 2.71 bits per heavy atom. The lowest BCUT2D eigenvalue weighted by atomic mass is 10.1. The molecule has 1 saturated heterocycles. The lowest BCUT2D eigenvalue weighted by Gasteiger charge is -2.21. The summed E-state index contributed by atoms with van der Waals surface area (Å²) < 4.78 is 10.8. The molecular weight excluding hydrogens is 414 g/mol. The molecule has 1 aliphatic rings. The number of nitriles is 1. The van der Waals surface area contributed by atoms with Crippen LogP contribution in [0.3, 0.4) is 0 Å². The molecule has 7 nitrogen and oxygen atoms in total. The maximum absolute atomic E-state index is 12.8. The van der Waals surface area contributed by atoms with Crippen LogP contribution in [0, 0.1) is 11.3 Å². The Balaban J connectivity index is 1.67. The minimum Gasteiger partial charge on any atom is -0.493 e. The number of amides is 2. The Kier molecular flexibility index (Phi) is 7.57. The maximum atomic E-state index is 12.8. The first kappa shape index (κ1) is 22.2. The molecule has 1 N–H and O–H groups in total. The fourth-order valence-corrected chi connectivity index (χ4v) is 4.22. The van der Waals surface area contributed by atoms with Crippen molar-refractivity contribution in [3.63, 3.8) is 0 Å². The van der Waals surface area contributed by atoms with Crippen molar-refractivity contribution in [2.75, 3.05) is 30.7 Å². The normalized spacial score (nSPS) is 15.5. The van der Waals surface area contributed by atoms with Crippen LogP contribution in [0.5, 0.6) is 11.5 Å². The molecule has 1 aliphatic heterocycles. The summed E-state index contributed by atoms with van der Waals surface area (Å²) >= 11 is 1.53. The number of hydrogen-bond acceptors (Lipinski definition) is 6. The van der Waals surface area contributed by atoms with Gasteiger partial charge < -0.3 is 19.7 Å². The van der Waals surface area contributed by atoms with Gasteiger partial charge in [0.05, 0.1) is 31.2 Å². The van der Waals surface area contributed by atoms with E-state index in [2.05, 4.69) is 5.32 Å². The van der Waals surface area contributed by atoms with E-state index in [1.807, 2.05) is 19.1 Å². The molecule has 0 aliphatic carbocycles. The van der Waals surface area contributed by atoms with Crippen LogP contribution >= 0.6 is 11.8 Å². The van der Waals surface area contributed by atoms with Gasteiger partial charge in [-0.3, -0.25) is 9.59 Å². The van der Waals surface area contributed by atoms with Gasteiger partial charge in [-0.05, 0) is 55.0 Å². The number of nitrogens with one attached hydrogen (secondary N) is 1. The first-order chi connectivity index (χ1) is 15.0. The molecule has 8 heteroatoms. The van der Waals surface area contributed by atoms with Crippen LogP contribution in [0.1, 0.15) is 18.1 Å². The SMILES string of the molecule is CCOc1cc(/C=C/C(=O)N2CSC[C@H]2C(=O)Nc2ccc(C#N)cc2)ccc1OC. The topological polar surface area (TPSA) is 91.7 Å². The van der Waals surface area contributed by atoms with E-state index in [9.17, 15) is 9.59 Å². The van der Waals surface area contributed by atoms with Crippen LogP contribution in [-0.4, -0.2) is 48.1 Å². The standard InChI is InChI=1S/C23H23N3O4S/c1-3-30-21-12-16(6-10-20(21)29-2)7-11-22(27)26-15-31-14-19(26)23(28)25-18-8-4-17(13-24)5-9-18/h4-12,19H,3,14-15H2,1-2H3,(H,25,28)/b11-7+/t19-/m0/s1. The van der Waals surface area contributed by atoms with Crippen LogP contribution in [-0.2, 0) is 9.59 Å². The second-order valence-corrected chi connectivity index (χ2v) is 7.68. The van der Waals surface area contributed by atoms with Crippen LogP contribution < -0.4 is 14.8 Å². The van der Waals surface area contributed by atoms with E-state index in [0.29, 0.717) is 41.0 Å². The predicted octanol–water partition coefficient (Wildman–Crippen LogP) is 3.52. The molecule has 2 aromatic carbocycles. The number of thioether (sulfide) groups is 1. The summed E-state index contributed by atoms with van der Waals surface area (Å²) in [7, 11) is 1.57. The Labute approximate surface area is 185 Å². The summed E-state index contributed by atoms with van der Waals surface area (Å²) in [5.74, 6) is 1.72. The smallest absolute Gasteiger partial charge is 0.248 e. The zero-order valence-electron chi connectivity index (χ0n) is 17.3. The molecule has 0 spiro atoms. The molecule has 0 unspecified atom stereocenters. The van der Waals surface area contributed by atoms with Crippen LogP contribution in [0.15, 0.2) is 48.5 Å². The number of hydrogen-bond donors (Lipinski definition) is 1. The maximum Gasteiger partial charge on any atom is 0.248 e. The largest absolute Gasteiger partial charge is 0.493 e. The van der Waals surface area contributed by atoms with Gasteiger partial charge in [-0.2, -0.15) is 5.26 Å². The highest BCUT2D eigenvalue weighted by molar-refractivity contribution is 7.99. The molecular formula is C23H23N3O4S. The highest BCUT2D eigenvalue weighted by Crippen LogP contribution is 2.29. The number of carbonyl (C=O) groups excluding carboxylic acids is 2. The van der Waals surface area contributed by atoms with Gasteiger partial charge in [0.2, 0.25) is 11.8 Å². The van der Waals surface area contributed by atoms with Gasteiger partial charge in [-0.15, -0.1) is 11.8 Å². The minimum absolute atomic E-state index is 0.237. The summed E-state index contributed by atoms with van der Waals surface area (Å²) in [4.78, 5) is 27.0. The minimum atomic E-state index is -0.562. The lowest BCUT2D eigenvalue weighted by Crippen LogP contribution is -2.43. The quantitative estimate of drug-likeness (QED) is 0.667. The van der Waals surface area contributed by atoms with E-state index in [1.165, 1.54) is 17.8 Å². The van der Waals surface area contributed by atoms with Crippen LogP contribution in [0.2, 0.25) is 0 Å². The van der Waals surface area contributed by atoms with Crippen molar-refractivity contribution in [1.82, 2.24) is 4.90 Å². The average Bonchev–Trinajstić information content (AvgIpc) is 3.29.